The van der Waals surface area contributed by atoms with Gasteiger partial charge in [0.2, 0.25) is 0 Å². The molecule has 2 nitrogen and oxygen atoms in total. The Bertz CT molecular complexity index is 127. The molecule has 1 saturated carbocycles. The minimum absolute atomic E-state index is 0. The van der Waals surface area contributed by atoms with Crippen LogP contribution < -0.4 is 5.73 Å². The third kappa shape index (κ3) is 2.62. The third-order valence-electron chi connectivity index (χ3n) is 2.65. The van der Waals surface area contributed by atoms with Crippen molar-refractivity contribution in [3.05, 3.63) is 0 Å². The van der Waals surface area contributed by atoms with E-state index in [0.29, 0.717) is 0 Å². The molecule has 0 spiro atoms. The standard InChI is InChI=1S/C8H17NO.ClH/c1-8(2)4-3-6(10)5-7(8)9;/h6-7,10H,3-5,9H2,1-2H3;1H/t6-,7-;/m0./s1. The molecule has 3 heteroatoms. The van der Waals surface area contributed by atoms with Gasteiger partial charge in [-0.15, -0.1) is 12.4 Å². The van der Waals surface area contributed by atoms with Gasteiger partial charge in [0.05, 0.1) is 6.10 Å². The van der Waals surface area contributed by atoms with Crippen molar-refractivity contribution in [2.45, 2.75) is 45.3 Å². The third-order valence-corrected chi connectivity index (χ3v) is 2.65. The zero-order valence-corrected chi connectivity index (χ0v) is 8.03. The van der Waals surface area contributed by atoms with Gasteiger partial charge in [-0.05, 0) is 24.7 Å². The van der Waals surface area contributed by atoms with Crippen LogP contribution in [0, 0.1) is 5.41 Å². The molecule has 68 valence electrons. The molecule has 1 fully saturated rings. The second kappa shape index (κ2) is 3.74. The summed E-state index contributed by atoms with van der Waals surface area (Å²) >= 11 is 0. The molecule has 0 radical (unpaired) electrons. The zero-order valence-electron chi connectivity index (χ0n) is 7.21. The van der Waals surface area contributed by atoms with E-state index in [0.717, 1.165) is 19.3 Å². The van der Waals surface area contributed by atoms with Gasteiger partial charge in [-0.2, -0.15) is 0 Å². The highest BCUT2D eigenvalue weighted by atomic mass is 35.5. The van der Waals surface area contributed by atoms with Gasteiger partial charge in [0.1, 0.15) is 0 Å². The summed E-state index contributed by atoms with van der Waals surface area (Å²) in [5.41, 5.74) is 6.08. The van der Waals surface area contributed by atoms with Gasteiger partial charge in [0, 0.05) is 6.04 Å². The van der Waals surface area contributed by atoms with E-state index in [9.17, 15) is 5.11 Å². The topological polar surface area (TPSA) is 46.2 Å². The minimum Gasteiger partial charge on any atom is -0.393 e. The molecule has 1 aliphatic carbocycles. The first-order valence-corrected chi connectivity index (χ1v) is 3.96. The molecule has 2 atom stereocenters. The monoisotopic (exact) mass is 179 g/mol. The molecule has 0 aromatic carbocycles. The lowest BCUT2D eigenvalue weighted by Gasteiger charge is -2.38. The minimum atomic E-state index is -0.150. The summed E-state index contributed by atoms with van der Waals surface area (Å²) in [6.45, 7) is 4.34. The fourth-order valence-electron chi connectivity index (χ4n) is 1.45. The van der Waals surface area contributed by atoms with Crippen molar-refractivity contribution in [2.75, 3.05) is 0 Å². The van der Waals surface area contributed by atoms with E-state index in [1.807, 2.05) is 0 Å². The van der Waals surface area contributed by atoms with Crippen LogP contribution in [0.4, 0.5) is 0 Å². The largest absolute Gasteiger partial charge is 0.393 e. The second-order valence-corrected chi connectivity index (χ2v) is 4.02. The molecule has 1 aliphatic rings. The average Bonchev–Trinajstić information content (AvgIpc) is 1.81. The first-order valence-electron chi connectivity index (χ1n) is 3.96. The van der Waals surface area contributed by atoms with Gasteiger partial charge < -0.3 is 10.8 Å². The summed E-state index contributed by atoms with van der Waals surface area (Å²) < 4.78 is 0. The smallest absolute Gasteiger partial charge is 0.0555 e. The van der Waals surface area contributed by atoms with Gasteiger partial charge in [0.15, 0.2) is 0 Å². The molecule has 3 N–H and O–H groups in total. The van der Waals surface area contributed by atoms with Crippen LogP contribution in [0.15, 0.2) is 0 Å². The molecular weight excluding hydrogens is 162 g/mol. The molecular formula is C8H18ClNO. The van der Waals surface area contributed by atoms with Crippen molar-refractivity contribution in [3.8, 4) is 0 Å². The van der Waals surface area contributed by atoms with E-state index >= 15 is 0 Å². The van der Waals surface area contributed by atoms with Gasteiger partial charge in [0.25, 0.3) is 0 Å². The fraction of sp³-hybridized carbons (Fsp3) is 1.00. The van der Waals surface area contributed by atoms with Gasteiger partial charge in [-0.1, -0.05) is 13.8 Å². The highest BCUT2D eigenvalue weighted by Crippen LogP contribution is 2.33. The summed E-state index contributed by atoms with van der Waals surface area (Å²) in [6.07, 6.45) is 2.59. The quantitative estimate of drug-likeness (QED) is 0.589. The lowest BCUT2D eigenvalue weighted by molar-refractivity contribution is 0.0627. The highest BCUT2D eigenvalue weighted by Gasteiger charge is 2.32. The molecule has 0 aromatic rings. The maximum Gasteiger partial charge on any atom is 0.0555 e. The summed E-state index contributed by atoms with van der Waals surface area (Å²) in [4.78, 5) is 0. The van der Waals surface area contributed by atoms with Crippen LogP contribution in [0.1, 0.15) is 33.1 Å². The zero-order chi connectivity index (χ0) is 7.78. The number of rotatable bonds is 0. The van der Waals surface area contributed by atoms with Crippen LogP contribution in [0.25, 0.3) is 0 Å². The Morgan fingerprint density at radius 1 is 1.45 bits per heavy atom. The van der Waals surface area contributed by atoms with Gasteiger partial charge in [-0.25, -0.2) is 0 Å². The predicted octanol–water partition coefficient (Wildman–Crippen LogP) is 1.31. The second-order valence-electron chi connectivity index (χ2n) is 4.02. The molecule has 0 amide bonds. The Balaban J connectivity index is 0.000001000. The highest BCUT2D eigenvalue weighted by molar-refractivity contribution is 5.85. The number of nitrogens with two attached hydrogens (primary N) is 1. The van der Waals surface area contributed by atoms with Crippen LogP contribution in [-0.2, 0) is 0 Å². The Morgan fingerprint density at radius 3 is 2.36 bits per heavy atom. The van der Waals surface area contributed by atoms with E-state index in [4.69, 9.17) is 5.73 Å². The van der Waals surface area contributed by atoms with E-state index in [1.165, 1.54) is 0 Å². The van der Waals surface area contributed by atoms with E-state index in [1.54, 1.807) is 0 Å². The summed E-state index contributed by atoms with van der Waals surface area (Å²) in [5, 5.41) is 9.23. The Labute approximate surface area is 74.6 Å². The molecule has 11 heavy (non-hydrogen) atoms. The molecule has 0 bridgehead atoms. The van der Waals surface area contributed by atoms with Crippen LogP contribution >= 0.6 is 12.4 Å². The summed E-state index contributed by atoms with van der Waals surface area (Å²) in [6, 6.07) is 0.177. The number of halogens is 1. The molecule has 0 unspecified atom stereocenters. The lowest BCUT2D eigenvalue weighted by Crippen LogP contribution is -2.44. The number of hydrogen-bond donors (Lipinski definition) is 2. The summed E-state index contributed by atoms with van der Waals surface area (Å²) in [5.74, 6) is 0. The maximum absolute atomic E-state index is 9.23. The van der Waals surface area contributed by atoms with Crippen LogP contribution in [-0.4, -0.2) is 17.3 Å². The van der Waals surface area contributed by atoms with E-state index < -0.39 is 0 Å². The van der Waals surface area contributed by atoms with E-state index in [-0.39, 0.29) is 30.0 Å². The van der Waals surface area contributed by atoms with Crippen LogP contribution in [0.5, 0.6) is 0 Å². The van der Waals surface area contributed by atoms with Crippen LogP contribution in [0.3, 0.4) is 0 Å². The molecule has 0 aliphatic heterocycles. The van der Waals surface area contributed by atoms with Crippen molar-refractivity contribution in [2.24, 2.45) is 11.1 Å². The first kappa shape index (κ1) is 11.2. The maximum atomic E-state index is 9.23. The fourth-order valence-corrected chi connectivity index (χ4v) is 1.45. The number of hydrogen-bond acceptors (Lipinski definition) is 2. The molecule has 1 rings (SSSR count). The van der Waals surface area contributed by atoms with Crippen molar-refractivity contribution in [3.63, 3.8) is 0 Å². The van der Waals surface area contributed by atoms with E-state index in [2.05, 4.69) is 13.8 Å². The molecule has 0 saturated heterocycles. The number of aliphatic hydroxyl groups is 1. The van der Waals surface area contributed by atoms with Crippen molar-refractivity contribution in [1.82, 2.24) is 0 Å². The van der Waals surface area contributed by atoms with Crippen molar-refractivity contribution in [1.29, 1.82) is 0 Å². The Morgan fingerprint density at radius 2 is 2.00 bits per heavy atom. The molecule has 0 aromatic heterocycles. The Hall–Kier alpha value is 0.210. The lowest BCUT2D eigenvalue weighted by atomic mass is 9.73. The average molecular weight is 180 g/mol. The number of aliphatic hydroxyl groups excluding tert-OH is 1. The summed E-state index contributed by atoms with van der Waals surface area (Å²) in [7, 11) is 0. The molecule has 0 heterocycles. The normalized spacial score (nSPS) is 36.0. The van der Waals surface area contributed by atoms with Crippen LogP contribution in [0.2, 0.25) is 0 Å². The first-order chi connectivity index (χ1) is 4.52. The van der Waals surface area contributed by atoms with Gasteiger partial charge in [-0.3, -0.25) is 0 Å². The van der Waals surface area contributed by atoms with Gasteiger partial charge >= 0.3 is 0 Å². The SMILES string of the molecule is CC1(C)CC[C@H](O)C[C@@H]1N.Cl. The van der Waals surface area contributed by atoms with Crippen molar-refractivity contribution < 1.29 is 5.11 Å². The predicted molar refractivity (Wildman–Crippen MR) is 48.9 cm³/mol. The van der Waals surface area contributed by atoms with Crippen molar-refractivity contribution >= 4 is 12.4 Å². The Kier molecular flexibility index (Phi) is 3.82.